The van der Waals surface area contributed by atoms with Crippen molar-refractivity contribution in [2.75, 3.05) is 0 Å². The van der Waals surface area contributed by atoms with Crippen molar-refractivity contribution < 1.29 is 5.11 Å². The van der Waals surface area contributed by atoms with Crippen molar-refractivity contribution in [3.05, 3.63) is 29.3 Å². The molecule has 0 fully saturated rings. The maximum absolute atomic E-state index is 9.21. The lowest BCUT2D eigenvalue weighted by Crippen LogP contribution is -2.39. The van der Waals surface area contributed by atoms with Gasteiger partial charge in [-0.2, -0.15) is 0 Å². The number of phenols is 1. The molecule has 0 aliphatic rings. The lowest BCUT2D eigenvalue weighted by molar-refractivity contribution is 0.467. The summed E-state index contributed by atoms with van der Waals surface area (Å²) in [5, 5.41) is 24.2. The molecule has 0 aliphatic carbocycles. The van der Waals surface area contributed by atoms with Gasteiger partial charge in [0.15, 0.2) is 11.9 Å². The van der Waals surface area contributed by atoms with Gasteiger partial charge in [-0.25, -0.2) is 0 Å². The molecule has 88 valence electrons. The number of rotatable bonds is 0. The van der Waals surface area contributed by atoms with E-state index in [1.165, 1.54) is 0 Å². The van der Waals surface area contributed by atoms with Crippen LogP contribution in [0.4, 0.5) is 0 Å². The summed E-state index contributed by atoms with van der Waals surface area (Å²) < 4.78 is 0. The van der Waals surface area contributed by atoms with E-state index in [0.717, 1.165) is 11.1 Å². The Labute approximate surface area is 94.3 Å². The van der Waals surface area contributed by atoms with Crippen LogP contribution in [-0.4, -0.2) is 17.0 Å². The molecule has 8 N–H and O–H groups in total. The first kappa shape index (κ1) is 13.8. The predicted octanol–water partition coefficient (Wildman–Crippen LogP) is 0.372. The molecule has 0 unspecified atom stereocenters. The number of nitrogens with two attached hydrogens (primary N) is 2. The minimum Gasteiger partial charge on any atom is -0.507 e. The minimum atomic E-state index is -0.312. The second-order valence-electron chi connectivity index (χ2n) is 3.19. The molecule has 0 spiro atoms. The number of hydrogen-bond donors (Lipinski definition) is 6. The lowest BCUT2D eigenvalue weighted by atomic mass is 10.1. The fourth-order valence-corrected chi connectivity index (χ4v) is 0.951. The Kier molecular flexibility index (Phi) is 5.40. The molecule has 6 heteroatoms. The van der Waals surface area contributed by atoms with Crippen LogP contribution >= 0.6 is 0 Å². The summed E-state index contributed by atoms with van der Waals surface area (Å²) in [6.45, 7) is 3.78. The summed E-state index contributed by atoms with van der Waals surface area (Å²) >= 11 is 0. The molecule has 0 bridgehead atoms. The molecule has 1 rings (SSSR count). The first-order chi connectivity index (χ1) is 7.34. The highest BCUT2D eigenvalue weighted by Crippen LogP contribution is 2.19. The Bertz CT molecular complexity index is 357. The largest absolute Gasteiger partial charge is 0.507 e. The van der Waals surface area contributed by atoms with Crippen molar-refractivity contribution in [1.82, 2.24) is 5.32 Å². The quantitative estimate of drug-likeness (QED) is 0.280. The number of para-hydroxylation sites is 1. The third-order valence-corrected chi connectivity index (χ3v) is 1.71. The predicted molar refractivity (Wildman–Crippen MR) is 64.5 cm³/mol. The number of hydrogen-bond acceptors (Lipinski definition) is 3. The molecule has 0 aliphatic heterocycles. The Balaban J connectivity index is 0.000000293. The summed E-state index contributed by atoms with van der Waals surface area (Å²) in [5.74, 6) is -0.211. The maximum atomic E-state index is 9.21. The zero-order chi connectivity index (χ0) is 12.7. The van der Waals surface area contributed by atoms with E-state index >= 15 is 0 Å². The number of aryl methyl sites for hydroxylation is 2. The fraction of sp³-hybridized carbons (Fsp3) is 0.200. The van der Waals surface area contributed by atoms with E-state index in [1.807, 2.05) is 37.4 Å². The van der Waals surface area contributed by atoms with Gasteiger partial charge in [0.05, 0.1) is 0 Å². The molecule has 0 atom stereocenters. The van der Waals surface area contributed by atoms with Crippen molar-refractivity contribution in [2.24, 2.45) is 11.5 Å². The van der Waals surface area contributed by atoms with Crippen molar-refractivity contribution >= 4 is 11.9 Å². The molecular weight excluding hydrogens is 206 g/mol. The summed E-state index contributed by atoms with van der Waals surface area (Å²) in [5.41, 5.74) is 11.4. The Hall–Kier alpha value is -2.24. The molecule has 6 nitrogen and oxygen atoms in total. The molecule has 0 amide bonds. The molecule has 16 heavy (non-hydrogen) atoms. The molecule has 0 saturated heterocycles. The van der Waals surface area contributed by atoms with Gasteiger partial charge in [-0.3, -0.25) is 16.1 Å². The van der Waals surface area contributed by atoms with Crippen molar-refractivity contribution in [3.8, 4) is 5.75 Å². The van der Waals surface area contributed by atoms with Crippen LogP contribution in [0.25, 0.3) is 0 Å². The van der Waals surface area contributed by atoms with Crippen LogP contribution in [0.15, 0.2) is 18.2 Å². The van der Waals surface area contributed by atoms with Crippen LogP contribution < -0.4 is 16.8 Å². The fourth-order valence-electron chi connectivity index (χ4n) is 0.951. The third kappa shape index (κ3) is 5.48. The van der Waals surface area contributed by atoms with Gasteiger partial charge in [0.25, 0.3) is 0 Å². The van der Waals surface area contributed by atoms with Gasteiger partial charge in [0.1, 0.15) is 5.75 Å². The van der Waals surface area contributed by atoms with E-state index in [9.17, 15) is 5.11 Å². The lowest BCUT2D eigenvalue weighted by Gasteiger charge is -1.99. The second kappa shape index (κ2) is 6.28. The minimum absolute atomic E-state index is 0.312. The summed E-state index contributed by atoms with van der Waals surface area (Å²) in [6, 6.07) is 5.72. The average molecular weight is 223 g/mol. The van der Waals surface area contributed by atoms with E-state index < -0.39 is 0 Å². The Morgan fingerprint density at radius 3 is 1.69 bits per heavy atom. The van der Waals surface area contributed by atoms with Crippen molar-refractivity contribution in [1.29, 1.82) is 10.8 Å². The summed E-state index contributed by atoms with van der Waals surface area (Å²) in [4.78, 5) is 0. The van der Waals surface area contributed by atoms with E-state index in [0.29, 0.717) is 5.75 Å². The van der Waals surface area contributed by atoms with Crippen molar-refractivity contribution in [2.45, 2.75) is 13.8 Å². The first-order valence-corrected chi connectivity index (χ1v) is 4.54. The molecule has 1 aromatic carbocycles. The van der Waals surface area contributed by atoms with E-state index in [-0.39, 0.29) is 11.9 Å². The van der Waals surface area contributed by atoms with Crippen LogP contribution in [0.1, 0.15) is 11.1 Å². The van der Waals surface area contributed by atoms with Gasteiger partial charge in [-0.15, -0.1) is 0 Å². The zero-order valence-electron chi connectivity index (χ0n) is 9.33. The maximum Gasteiger partial charge on any atom is 0.192 e. The third-order valence-electron chi connectivity index (χ3n) is 1.71. The van der Waals surface area contributed by atoms with Gasteiger partial charge >= 0.3 is 0 Å². The van der Waals surface area contributed by atoms with E-state index in [2.05, 4.69) is 0 Å². The molecular formula is C10H17N5O. The standard InChI is InChI=1S/C8H10O.C2H7N5/c1-6-4-3-5-7(2)8(6)9;3-1(4)7-2(5)6/h3-5,9H,1-2H3;(H7,3,4,5,6,7). The first-order valence-electron chi connectivity index (χ1n) is 4.54. The SMILES string of the molecule is Cc1cccc(C)c1O.N=C(N)NC(=N)N. The second-order valence-corrected chi connectivity index (χ2v) is 3.19. The average Bonchev–Trinajstić information content (AvgIpc) is 2.12. The number of guanidine groups is 2. The van der Waals surface area contributed by atoms with Gasteiger partial charge < -0.3 is 16.6 Å². The number of benzene rings is 1. The van der Waals surface area contributed by atoms with Crippen LogP contribution in [-0.2, 0) is 0 Å². The summed E-state index contributed by atoms with van der Waals surface area (Å²) in [6.07, 6.45) is 0. The molecule has 0 aromatic heterocycles. The molecule has 1 aromatic rings. The molecule has 0 radical (unpaired) electrons. The topological polar surface area (TPSA) is 132 Å². The van der Waals surface area contributed by atoms with Crippen molar-refractivity contribution in [3.63, 3.8) is 0 Å². The normalized spacial score (nSPS) is 8.62. The van der Waals surface area contributed by atoms with Gasteiger partial charge in [0, 0.05) is 0 Å². The van der Waals surface area contributed by atoms with Crippen LogP contribution in [0.5, 0.6) is 5.75 Å². The van der Waals surface area contributed by atoms with Gasteiger partial charge in [-0.05, 0) is 25.0 Å². The number of aromatic hydroxyl groups is 1. The monoisotopic (exact) mass is 223 g/mol. The zero-order valence-corrected chi connectivity index (χ0v) is 9.33. The van der Waals surface area contributed by atoms with Gasteiger partial charge in [-0.1, -0.05) is 18.2 Å². The van der Waals surface area contributed by atoms with Crippen LogP contribution in [0.3, 0.4) is 0 Å². The number of nitrogens with one attached hydrogen (secondary N) is 3. The molecule has 0 saturated carbocycles. The van der Waals surface area contributed by atoms with E-state index in [4.69, 9.17) is 22.3 Å². The highest BCUT2D eigenvalue weighted by Gasteiger charge is 1.95. The molecule has 0 heterocycles. The summed E-state index contributed by atoms with van der Waals surface area (Å²) in [7, 11) is 0. The van der Waals surface area contributed by atoms with Crippen LogP contribution in [0, 0.1) is 24.7 Å². The Morgan fingerprint density at radius 2 is 1.50 bits per heavy atom. The van der Waals surface area contributed by atoms with Gasteiger partial charge in [0.2, 0.25) is 0 Å². The number of phenolic OH excluding ortho intramolecular Hbond substituents is 1. The highest BCUT2D eigenvalue weighted by molar-refractivity contribution is 5.93. The van der Waals surface area contributed by atoms with E-state index in [1.54, 1.807) is 0 Å². The Morgan fingerprint density at radius 1 is 1.12 bits per heavy atom. The highest BCUT2D eigenvalue weighted by atomic mass is 16.3. The van der Waals surface area contributed by atoms with Crippen LogP contribution in [0.2, 0.25) is 0 Å². The smallest absolute Gasteiger partial charge is 0.192 e.